The lowest BCUT2D eigenvalue weighted by molar-refractivity contribution is -0.135. The van der Waals surface area contributed by atoms with Gasteiger partial charge in [-0.25, -0.2) is 0 Å². The van der Waals surface area contributed by atoms with Crippen molar-refractivity contribution in [3.05, 3.63) is 0 Å². The molecule has 1 amide bonds. The first kappa shape index (κ1) is 16.4. The molecule has 2 aliphatic heterocycles. The highest BCUT2D eigenvalue weighted by Crippen LogP contribution is 2.19. The standard InChI is InChI=1S/C16H29N3O2/c1-14(20)12-15-6-4-3-5-7-19(15)13-16(21)18-10-8-17(2)9-11-18/h15H,3-13H2,1-2H3. The van der Waals surface area contributed by atoms with Gasteiger partial charge < -0.3 is 9.80 Å². The van der Waals surface area contributed by atoms with Gasteiger partial charge in [0.05, 0.1) is 6.54 Å². The number of likely N-dealkylation sites (N-methyl/N-ethyl adjacent to an activating group) is 1. The molecule has 2 saturated heterocycles. The molecule has 2 aliphatic rings. The third-order valence-electron chi connectivity index (χ3n) is 4.72. The molecular formula is C16H29N3O2. The number of amides is 1. The number of Topliss-reactive ketones (excluding diaryl/α,β-unsaturated/α-hetero) is 1. The Morgan fingerprint density at radius 3 is 2.38 bits per heavy atom. The number of likely N-dealkylation sites (tertiary alicyclic amines) is 1. The Bertz CT molecular complexity index is 365. The van der Waals surface area contributed by atoms with Crippen LogP contribution in [0.5, 0.6) is 0 Å². The molecule has 2 heterocycles. The molecule has 5 heteroatoms. The normalized spacial score (nSPS) is 25.6. The summed E-state index contributed by atoms with van der Waals surface area (Å²) in [6.07, 6.45) is 5.18. The van der Waals surface area contributed by atoms with Gasteiger partial charge in [0.2, 0.25) is 5.91 Å². The van der Waals surface area contributed by atoms with Crippen LogP contribution in [0.3, 0.4) is 0 Å². The molecule has 1 atom stereocenters. The van der Waals surface area contributed by atoms with E-state index in [1.165, 1.54) is 12.8 Å². The highest BCUT2D eigenvalue weighted by molar-refractivity contribution is 5.79. The summed E-state index contributed by atoms with van der Waals surface area (Å²) in [6.45, 7) is 6.69. The summed E-state index contributed by atoms with van der Waals surface area (Å²) in [4.78, 5) is 30.5. The molecule has 5 nitrogen and oxygen atoms in total. The average molecular weight is 295 g/mol. The molecule has 0 N–H and O–H groups in total. The van der Waals surface area contributed by atoms with Gasteiger partial charge in [-0.3, -0.25) is 14.5 Å². The predicted octanol–water partition coefficient (Wildman–Crippen LogP) is 0.984. The number of nitrogens with zero attached hydrogens (tertiary/aromatic N) is 3. The van der Waals surface area contributed by atoms with Crippen LogP contribution in [-0.4, -0.2) is 78.7 Å². The summed E-state index contributed by atoms with van der Waals surface area (Å²) in [6, 6.07) is 0.265. The van der Waals surface area contributed by atoms with Gasteiger partial charge in [-0.1, -0.05) is 12.8 Å². The summed E-state index contributed by atoms with van der Waals surface area (Å²) < 4.78 is 0. The highest BCUT2D eigenvalue weighted by Gasteiger charge is 2.27. The van der Waals surface area contributed by atoms with E-state index in [2.05, 4.69) is 16.8 Å². The zero-order valence-electron chi connectivity index (χ0n) is 13.5. The van der Waals surface area contributed by atoms with E-state index in [0.717, 1.165) is 45.6 Å². The largest absolute Gasteiger partial charge is 0.339 e. The van der Waals surface area contributed by atoms with Crippen molar-refractivity contribution in [2.75, 3.05) is 46.3 Å². The topological polar surface area (TPSA) is 43.9 Å². The minimum atomic E-state index is 0.235. The van der Waals surface area contributed by atoms with Gasteiger partial charge in [0, 0.05) is 38.6 Å². The van der Waals surface area contributed by atoms with Crippen LogP contribution >= 0.6 is 0 Å². The fourth-order valence-electron chi connectivity index (χ4n) is 3.34. The zero-order valence-corrected chi connectivity index (χ0v) is 13.5. The first-order valence-corrected chi connectivity index (χ1v) is 8.26. The van der Waals surface area contributed by atoms with Crippen molar-refractivity contribution in [3.8, 4) is 0 Å². The van der Waals surface area contributed by atoms with Crippen LogP contribution in [0, 0.1) is 0 Å². The Morgan fingerprint density at radius 2 is 1.71 bits per heavy atom. The van der Waals surface area contributed by atoms with Crippen molar-refractivity contribution in [3.63, 3.8) is 0 Å². The van der Waals surface area contributed by atoms with E-state index in [9.17, 15) is 9.59 Å². The Labute approximate surface area is 128 Å². The molecule has 0 aromatic heterocycles. The van der Waals surface area contributed by atoms with Gasteiger partial charge in [0.25, 0.3) is 0 Å². The van der Waals surface area contributed by atoms with Crippen LogP contribution in [-0.2, 0) is 9.59 Å². The molecule has 0 aliphatic carbocycles. The van der Waals surface area contributed by atoms with Gasteiger partial charge >= 0.3 is 0 Å². The summed E-state index contributed by atoms with van der Waals surface area (Å²) in [5.41, 5.74) is 0. The fraction of sp³-hybridized carbons (Fsp3) is 0.875. The Balaban J connectivity index is 1.90. The molecule has 2 fully saturated rings. The second-order valence-electron chi connectivity index (χ2n) is 6.56. The molecule has 1 unspecified atom stereocenters. The van der Waals surface area contributed by atoms with E-state index in [1.54, 1.807) is 6.92 Å². The molecule has 0 aromatic carbocycles. The highest BCUT2D eigenvalue weighted by atomic mass is 16.2. The molecule has 0 bridgehead atoms. The molecule has 0 aromatic rings. The van der Waals surface area contributed by atoms with Crippen LogP contribution < -0.4 is 0 Å². The van der Waals surface area contributed by atoms with Gasteiger partial charge in [-0.05, 0) is 33.4 Å². The monoisotopic (exact) mass is 295 g/mol. The lowest BCUT2D eigenvalue weighted by Gasteiger charge is -2.35. The van der Waals surface area contributed by atoms with Gasteiger partial charge in [-0.15, -0.1) is 0 Å². The van der Waals surface area contributed by atoms with E-state index >= 15 is 0 Å². The number of carbonyl (C=O) groups excluding carboxylic acids is 2. The van der Waals surface area contributed by atoms with Crippen LogP contribution in [0.1, 0.15) is 39.0 Å². The van der Waals surface area contributed by atoms with Crippen molar-refractivity contribution in [2.45, 2.75) is 45.1 Å². The van der Waals surface area contributed by atoms with E-state index in [1.807, 2.05) is 4.90 Å². The van der Waals surface area contributed by atoms with Crippen molar-refractivity contribution in [1.82, 2.24) is 14.7 Å². The lowest BCUT2D eigenvalue weighted by Crippen LogP contribution is -2.51. The summed E-state index contributed by atoms with van der Waals surface area (Å²) >= 11 is 0. The number of hydrogen-bond donors (Lipinski definition) is 0. The lowest BCUT2D eigenvalue weighted by atomic mass is 10.0. The number of rotatable bonds is 4. The van der Waals surface area contributed by atoms with Crippen LogP contribution in [0.25, 0.3) is 0 Å². The minimum absolute atomic E-state index is 0.235. The summed E-state index contributed by atoms with van der Waals surface area (Å²) in [5.74, 6) is 0.470. The van der Waals surface area contributed by atoms with Crippen molar-refractivity contribution in [2.24, 2.45) is 0 Å². The van der Waals surface area contributed by atoms with Crippen molar-refractivity contribution < 1.29 is 9.59 Å². The maximum absolute atomic E-state index is 12.5. The number of hydrogen-bond acceptors (Lipinski definition) is 4. The zero-order chi connectivity index (χ0) is 15.2. The maximum Gasteiger partial charge on any atom is 0.236 e. The van der Waals surface area contributed by atoms with Crippen molar-refractivity contribution in [1.29, 1.82) is 0 Å². The molecule has 120 valence electrons. The van der Waals surface area contributed by atoms with Crippen LogP contribution in [0.15, 0.2) is 0 Å². The van der Waals surface area contributed by atoms with E-state index in [0.29, 0.717) is 13.0 Å². The Kier molecular flexibility index (Phi) is 6.18. The summed E-state index contributed by atoms with van der Waals surface area (Å²) in [5, 5.41) is 0. The van der Waals surface area contributed by atoms with Gasteiger partial charge in [0.15, 0.2) is 0 Å². The smallest absolute Gasteiger partial charge is 0.236 e. The van der Waals surface area contributed by atoms with E-state index in [-0.39, 0.29) is 17.7 Å². The third-order valence-corrected chi connectivity index (χ3v) is 4.72. The van der Waals surface area contributed by atoms with Gasteiger partial charge in [-0.2, -0.15) is 0 Å². The van der Waals surface area contributed by atoms with Gasteiger partial charge in [0.1, 0.15) is 5.78 Å². The third kappa shape index (κ3) is 5.08. The van der Waals surface area contributed by atoms with E-state index in [4.69, 9.17) is 0 Å². The second-order valence-corrected chi connectivity index (χ2v) is 6.56. The average Bonchev–Trinajstić information content (AvgIpc) is 2.65. The minimum Gasteiger partial charge on any atom is -0.339 e. The second kappa shape index (κ2) is 7.90. The molecule has 0 saturated carbocycles. The SMILES string of the molecule is CC(=O)CC1CCCCCN1CC(=O)N1CCN(C)CC1. The molecule has 21 heavy (non-hydrogen) atoms. The van der Waals surface area contributed by atoms with E-state index < -0.39 is 0 Å². The predicted molar refractivity (Wildman–Crippen MR) is 83.2 cm³/mol. The Morgan fingerprint density at radius 1 is 1.00 bits per heavy atom. The Hall–Kier alpha value is -0.940. The van der Waals surface area contributed by atoms with Crippen LogP contribution in [0.4, 0.5) is 0 Å². The maximum atomic E-state index is 12.5. The first-order chi connectivity index (χ1) is 10.1. The summed E-state index contributed by atoms with van der Waals surface area (Å²) in [7, 11) is 2.10. The molecule has 0 radical (unpaired) electrons. The van der Waals surface area contributed by atoms with Crippen molar-refractivity contribution >= 4 is 11.7 Å². The quantitative estimate of drug-likeness (QED) is 0.776. The molecular weight excluding hydrogens is 266 g/mol. The van der Waals surface area contributed by atoms with Crippen LogP contribution in [0.2, 0.25) is 0 Å². The fourth-order valence-corrected chi connectivity index (χ4v) is 3.34. The first-order valence-electron chi connectivity index (χ1n) is 8.26. The number of carbonyl (C=O) groups is 2. The molecule has 0 spiro atoms. The molecule has 2 rings (SSSR count). The number of ketones is 1. The number of piperazine rings is 1.